The van der Waals surface area contributed by atoms with E-state index in [1.54, 1.807) is 45.4 Å². The fraction of sp³-hybridized carbons (Fsp3) is 0.176. The summed E-state index contributed by atoms with van der Waals surface area (Å²) in [6.45, 7) is 1.66. The Labute approximate surface area is 139 Å². The van der Waals surface area contributed by atoms with Crippen LogP contribution in [0.25, 0.3) is 0 Å². The lowest BCUT2D eigenvalue weighted by Gasteiger charge is -2.05. The van der Waals surface area contributed by atoms with Crippen LogP contribution in [0.15, 0.2) is 35.6 Å². The topological polar surface area (TPSA) is 63.9 Å². The first-order chi connectivity index (χ1) is 11.1. The van der Waals surface area contributed by atoms with E-state index in [2.05, 4.69) is 22.0 Å². The third-order valence-corrected chi connectivity index (χ3v) is 3.31. The molecule has 0 spiro atoms. The molecule has 1 aromatic carbocycles. The molecule has 0 aliphatic heterocycles. The number of aromatic nitrogens is 1. The predicted octanol–water partition coefficient (Wildman–Crippen LogP) is 3.35. The van der Waals surface area contributed by atoms with Crippen molar-refractivity contribution in [3.8, 4) is 23.3 Å². The highest BCUT2D eigenvalue weighted by Crippen LogP contribution is 2.22. The summed E-state index contributed by atoms with van der Waals surface area (Å²) in [5.74, 6) is 7.32. The number of nitrogens with zero attached hydrogens (tertiary/aromatic N) is 2. The van der Waals surface area contributed by atoms with Crippen molar-refractivity contribution in [1.29, 1.82) is 0 Å². The first-order valence-electron chi connectivity index (χ1n) is 6.67. The summed E-state index contributed by atoms with van der Waals surface area (Å²) in [5, 5.41) is 12.5. The summed E-state index contributed by atoms with van der Waals surface area (Å²) in [6.07, 6.45) is 1.54. The fourth-order valence-corrected chi connectivity index (χ4v) is 2.06. The van der Waals surface area contributed by atoms with E-state index >= 15 is 0 Å². The molecular weight excluding hydrogens is 316 g/mol. The Morgan fingerprint density at radius 3 is 2.35 bits per heavy atom. The second kappa shape index (κ2) is 7.52. The van der Waals surface area contributed by atoms with E-state index < -0.39 is 0 Å². The summed E-state index contributed by atoms with van der Waals surface area (Å²) >= 11 is 5.89. The van der Waals surface area contributed by atoms with Crippen molar-refractivity contribution in [2.24, 2.45) is 5.16 Å². The molecule has 0 aliphatic carbocycles. The van der Waals surface area contributed by atoms with Crippen LogP contribution in [0, 0.1) is 11.8 Å². The molecule has 1 heterocycles. The molecule has 1 N–H and O–H groups in total. The molecule has 0 saturated heterocycles. The van der Waals surface area contributed by atoms with Crippen molar-refractivity contribution in [3.63, 3.8) is 0 Å². The van der Waals surface area contributed by atoms with E-state index in [1.807, 2.05) is 0 Å². The molecule has 0 amide bonds. The number of pyridine rings is 1. The molecule has 0 saturated carbocycles. The van der Waals surface area contributed by atoms with E-state index in [-0.39, 0.29) is 0 Å². The van der Waals surface area contributed by atoms with Crippen LogP contribution in [-0.2, 0) is 0 Å². The zero-order valence-corrected chi connectivity index (χ0v) is 13.7. The van der Waals surface area contributed by atoms with Crippen LogP contribution in [0.1, 0.15) is 23.6 Å². The Morgan fingerprint density at radius 1 is 1.13 bits per heavy atom. The standard InChI is InChI=1S/C17H15ClN2O3/c1-11(20-21)16-9-17(18)19-10-13(16)5-4-12-6-14(22-2)8-15(7-12)23-3/h6-10,21H,1-3H3/b20-11+. The summed E-state index contributed by atoms with van der Waals surface area (Å²) < 4.78 is 10.4. The smallest absolute Gasteiger partial charge is 0.129 e. The van der Waals surface area contributed by atoms with Crippen LogP contribution in [0.2, 0.25) is 5.15 Å². The minimum Gasteiger partial charge on any atom is -0.497 e. The van der Waals surface area contributed by atoms with Gasteiger partial charge in [0.25, 0.3) is 0 Å². The zero-order valence-electron chi connectivity index (χ0n) is 12.9. The lowest BCUT2D eigenvalue weighted by Crippen LogP contribution is -1.99. The number of methoxy groups -OCH3 is 2. The highest BCUT2D eigenvalue weighted by atomic mass is 35.5. The van der Waals surface area contributed by atoms with Gasteiger partial charge in [0, 0.05) is 23.4 Å². The van der Waals surface area contributed by atoms with Gasteiger partial charge >= 0.3 is 0 Å². The van der Waals surface area contributed by atoms with E-state index in [4.69, 9.17) is 26.3 Å². The van der Waals surface area contributed by atoms with Crippen molar-refractivity contribution < 1.29 is 14.7 Å². The van der Waals surface area contributed by atoms with Gasteiger partial charge in [0.2, 0.25) is 0 Å². The van der Waals surface area contributed by atoms with Gasteiger partial charge in [-0.05, 0) is 25.1 Å². The van der Waals surface area contributed by atoms with Gasteiger partial charge in [0.1, 0.15) is 16.7 Å². The minimum atomic E-state index is 0.302. The summed E-state index contributed by atoms with van der Waals surface area (Å²) in [4.78, 5) is 4.01. The van der Waals surface area contributed by atoms with Crippen LogP contribution in [0.4, 0.5) is 0 Å². The van der Waals surface area contributed by atoms with Crippen molar-refractivity contribution in [2.45, 2.75) is 6.92 Å². The Balaban J connectivity index is 2.47. The highest BCUT2D eigenvalue weighted by Gasteiger charge is 2.06. The van der Waals surface area contributed by atoms with Crippen LogP contribution < -0.4 is 9.47 Å². The molecule has 0 fully saturated rings. The van der Waals surface area contributed by atoms with Crippen molar-refractivity contribution in [2.75, 3.05) is 14.2 Å². The maximum Gasteiger partial charge on any atom is 0.129 e. The van der Waals surface area contributed by atoms with E-state index in [1.165, 1.54) is 6.20 Å². The summed E-state index contributed by atoms with van der Waals surface area (Å²) in [7, 11) is 3.16. The van der Waals surface area contributed by atoms with Gasteiger partial charge in [0.15, 0.2) is 0 Å². The first-order valence-corrected chi connectivity index (χ1v) is 7.05. The molecule has 0 bridgehead atoms. The van der Waals surface area contributed by atoms with Gasteiger partial charge in [-0.1, -0.05) is 28.6 Å². The van der Waals surface area contributed by atoms with Gasteiger partial charge in [-0.3, -0.25) is 0 Å². The number of oxime groups is 1. The van der Waals surface area contributed by atoms with Crippen molar-refractivity contribution >= 4 is 17.3 Å². The van der Waals surface area contributed by atoms with E-state index in [0.29, 0.717) is 33.5 Å². The Bertz CT molecular complexity index is 785. The van der Waals surface area contributed by atoms with Gasteiger partial charge in [-0.2, -0.15) is 0 Å². The van der Waals surface area contributed by atoms with Crippen LogP contribution in [-0.4, -0.2) is 30.1 Å². The second-order valence-electron chi connectivity index (χ2n) is 4.59. The van der Waals surface area contributed by atoms with E-state index in [0.717, 1.165) is 5.56 Å². The van der Waals surface area contributed by atoms with Crippen molar-refractivity contribution in [1.82, 2.24) is 4.98 Å². The lowest BCUT2D eigenvalue weighted by atomic mass is 10.1. The molecule has 2 aromatic rings. The molecule has 0 radical (unpaired) electrons. The highest BCUT2D eigenvalue weighted by molar-refractivity contribution is 6.29. The number of benzene rings is 1. The van der Waals surface area contributed by atoms with Crippen LogP contribution in [0.5, 0.6) is 11.5 Å². The van der Waals surface area contributed by atoms with Crippen molar-refractivity contribution in [3.05, 3.63) is 52.3 Å². The average molecular weight is 331 g/mol. The zero-order chi connectivity index (χ0) is 16.8. The third kappa shape index (κ3) is 4.15. The SMILES string of the molecule is COc1cc(C#Cc2cnc(Cl)cc2/C(C)=N/O)cc(OC)c1. The molecule has 2 rings (SSSR count). The van der Waals surface area contributed by atoms with Gasteiger partial charge in [-0.15, -0.1) is 0 Å². The quantitative estimate of drug-likeness (QED) is 0.308. The Hall–Kier alpha value is -2.71. The van der Waals surface area contributed by atoms with E-state index in [9.17, 15) is 0 Å². The summed E-state index contributed by atoms with van der Waals surface area (Å²) in [5.41, 5.74) is 2.35. The monoisotopic (exact) mass is 330 g/mol. The second-order valence-corrected chi connectivity index (χ2v) is 4.98. The normalized spacial score (nSPS) is 10.7. The average Bonchev–Trinajstić information content (AvgIpc) is 2.59. The summed E-state index contributed by atoms with van der Waals surface area (Å²) in [6, 6.07) is 6.97. The molecule has 0 aliphatic rings. The maximum absolute atomic E-state index is 8.97. The van der Waals surface area contributed by atoms with Gasteiger partial charge < -0.3 is 14.7 Å². The molecule has 5 nitrogen and oxygen atoms in total. The van der Waals surface area contributed by atoms with Gasteiger partial charge in [-0.25, -0.2) is 4.98 Å². The number of hydrogen-bond acceptors (Lipinski definition) is 5. The molecule has 1 aromatic heterocycles. The number of ether oxygens (including phenoxy) is 2. The molecule has 23 heavy (non-hydrogen) atoms. The molecule has 118 valence electrons. The maximum atomic E-state index is 8.97. The number of halogens is 1. The number of hydrogen-bond donors (Lipinski definition) is 1. The molecule has 0 unspecified atom stereocenters. The Morgan fingerprint density at radius 2 is 1.78 bits per heavy atom. The van der Waals surface area contributed by atoms with Gasteiger partial charge in [0.05, 0.1) is 25.5 Å². The molecule has 6 heteroatoms. The van der Waals surface area contributed by atoms with Crippen LogP contribution in [0.3, 0.4) is 0 Å². The largest absolute Gasteiger partial charge is 0.497 e. The van der Waals surface area contributed by atoms with Crippen LogP contribution >= 0.6 is 11.6 Å². The minimum absolute atomic E-state index is 0.302. The molecular formula is C17H15ClN2O3. The lowest BCUT2D eigenvalue weighted by molar-refractivity contribution is 0.319. The third-order valence-electron chi connectivity index (χ3n) is 3.10. The first kappa shape index (κ1) is 16.7. The predicted molar refractivity (Wildman–Crippen MR) is 88.8 cm³/mol. The fourth-order valence-electron chi connectivity index (χ4n) is 1.90. The number of rotatable bonds is 3. The Kier molecular flexibility index (Phi) is 5.45. The molecule has 0 atom stereocenters.